The van der Waals surface area contributed by atoms with Crippen LogP contribution < -0.4 is 15.4 Å². The molecule has 0 radical (unpaired) electrons. The van der Waals surface area contributed by atoms with Crippen LogP contribution in [-0.2, 0) is 4.79 Å². The largest absolute Gasteiger partial charge is 0.481 e. The Labute approximate surface area is 89.6 Å². The molecule has 0 bridgehead atoms. The Hall–Kier alpha value is -1.71. The number of carbonyl (C=O) groups excluding carboxylic acids is 1. The zero-order valence-corrected chi connectivity index (χ0v) is 9.23. The van der Waals surface area contributed by atoms with E-state index in [1.54, 1.807) is 13.0 Å². The minimum absolute atomic E-state index is 0.467. The SMILES string of the molecule is CC(Oc1cccc(N(C)C)c1)C(N)=O. The lowest BCUT2D eigenvalue weighted by atomic mass is 10.3. The molecule has 0 spiro atoms. The molecule has 0 aliphatic heterocycles. The van der Waals surface area contributed by atoms with Crippen molar-refractivity contribution in [2.45, 2.75) is 13.0 Å². The Bertz CT molecular complexity index is 350. The van der Waals surface area contributed by atoms with Gasteiger partial charge in [-0.1, -0.05) is 6.07 Å². The fourth-order valence-corrected chi connectivity index (χ4v) is 1.10. The molecule has 0 fully saturated rings. The number of rotatable bonds is 4. The van der Waals surface area contributed by atoms with Gasteiger partial charge in [-0.25, -0.2) is 0 Å². The molecule has 4 nitrogen and oxygen atoms in total. The summed E-state index contributed by atoms with van der Waals surface area (Å²) in [6.07, 6.45) is -0.609. The van der Waals surface area contributed by atoms with Gasteiger partial charge in [0.25, 0.3) is 5.91 Å². The molecule has 4 heteroatoms. The molecule has 1 aromatic carbocycles. The number of amides is 1. The lowest BCUT2D eigenvalue weighted by molar-refractivity contribution is -0.123. The molecule has 0 heterocycles. The third-order valence-electron chi connectivity index (χ3n) is 2.05. The van der Waals surface area contributed by atoms with Gasteiger partial charge in [0.15, 0.2) is 6.10 Å². The minimum atomic E-state index is -0.609. The molecule has 0 aromatic heterocycles. The number of hydrogen-bond acceptors (Lipinski definition) is 3. The highest BCUT2D eigenvalue weighted by Gasteiger charge is 2.10. The van der Waals surface area contributed by atoms with Crippen LogP contribution in [0, 0.1) is 0 Å². The summed E-state index contributed by atoms with van der Waals surface area (Å²) >= 11 is 0. The van der Waals surface area contributed by atoms with E-state index in [9.17, 15) is 4.79 Å². The van der Waals surface area contributed by atoms with Crippen molar-refractivity contribution < 1.29 is 9.53 Å². The fourth-order valence-electron chi connectivity index (χ4n) is 1.10. The number of primary amides is 1. The van der Waals surface area contributed by atoms with Crippen molar-refractivity contribution in [1.82, 2.24) is 0 Å². The molecule has 1 atom stereocenters. The van der Waals surface area contributed by atoms with E-state index in [1.165, 1.54) is 0 Å². The first-order valence-corrected chi connectivity index (χ1v) is 4.74. The summed E-state index contributed by atoms with van der Waals surface area (Å²) in [5.41, 5.74) is 6.13. The number of nitrogens with two attached hydrogens (primary N) is 1. The average Bonchev–Trinajstić information content (AvgIpc) is 2.18. The molecule has 1 unspecified atom stereocenters. The van der Waals surface area contributed by atoms with Crippen LogP contribution >= 0.6 is 0 Å². The Morgan fingerprint density at radius 2 is 2.13 bits per heavy atom. The normalized spacial score (nSPS) is 11.9. The van der Waals surface area contributed by atoms with Crippen molar-refractivity contribution in [3.05, 3.63) is 24.3 Å². The van der Waals surface area contributed by atoms with E-state index in [0.717, 1.165) is 5.69 Å². The van der Waals surface area contributed by atoms with Crippen LogP contribution in [0.4, 0.5) is 5.69 Å². The number of hydrogen-bond donors (Lipinski definition) is 1. The molecule has 15 heavy (non-hydrogen) atoms. The van der Waals surface area contributed by atoms with Crippen molar-refractivity contribution in [2.24, 2.45) is 5.73 Å². The highest BCUT2D eigenvalue weighted by Crippen LogP contribution is 2.20. The number of nitrogens with zero attached hydrogens (tertiary/aromatic N) is 1. The number of carbonyl (C=O) groups is 1. The van der Waals surface area contributed by atoms with Gasteiger partial charge in [-0.05, 0) is 19.1 Å². The molecule has 2 N–H and O–H groups in total. The van der Waals surface area contributed by atoms with Crippen LogP contribution in [-0.4, -0.2) is 26.1 Å². The standard InChI is InChI=1S/C11H16N2O2/c1-8(11(12)14)15-10-6-4-5-9(7-10)13(2)3/h4-8H,1-3H3,(H2,12,14). The van der Waals surface area contributed by atoms with E-state index in [0.29, 0.717) is 5.75 Å². The summed E-state index contributed by atoms with van der Waals surface area (Å²) < 4.78 is 5.37. The van der Waals surface area contributed by atoms with Crippen molar-refractivity contribution in [3.8, 4) is 5.75 Å². The summed E-state index contributed by atoms with van der Waals surface area (Å²) in [7, 11) is 3.88. The maximum Gasteiger partial charge on any atom is 0.258 e. The quantitative estimate of drug-likeness (QED) is 0.803. The van der Waals surface area contributed by atoms with Crippen LogP contribution in [0.3, 0.4) is 0 Å². The van der Waals surface area contributed by atoms with Gasteiger partial charge in [0.1, 0.15) is 5.75 Å². The smallest absolute Gasteiger partial charge is 0.258 e. The van der Waals surface area contributed by atoms with Crippen LogP contribution in [0.5, 0.6) is 5.75 Å². The molecular weight excluding hydrogens is 192 g/mol. The zero-order valence-electron chi connectivity index (χ0n) is 9.23. The minimum Gasteiger partial charge on any atom is -0.481 e. The highest BCUT2D eigenvalue weighted by molar-refractivity contribution is 5.78. The third kappa shape index (κ3) is 3.16. The van der Waals surface area contributed by atoms with Gasteiger partial charge in [-0.15, -0.1) is 0 Å². The van der Waals surface area contributed by atoms with Crippen LogP contribution in [0.15, 0.2) is 24.3 Å². The first kappa shape index (κ1) is 11.4. The lowest BCUT2D eigenvalue weighted by Crippen LogP contribution is -2.30. The first-order valence-electron chi connectivity index (χ1n) is 4.74. The molecule has 82 valence electrons. The second-order valence-electron chi connectivity index (χ2n) is 3.55. The van der Waals surface area contributed by atoms with E-state index < -0.39 is 12.0 Å². The second kappa shape index (κ2) is 4.68. The molecule has 0 aliphatic rings. The number of benzene rings is 1. The summed E-state index contributed by atoms with van der Waals surface area (Å²) in [6.45, 7) is 1.63. The molecule has 0 aliphatic carbocycles. The van der Waals surface area contributed by atoms with Crippen molar-refractivity contribution in [1.29, 1.82) is 0 Å². The van der Waals surface area contributed by atoms with E-state index >= 15 is 0 Å². The van der Waals surface area contributed by atoms with Crippen LogP contribution in [0.2, 0.25) is 0 Å². The van der Waals surface area contributed by atoms with Gasteiger partial charge in [0.2, 0.25) is 0 Å². The summed E-state index contributed by atoms with van der Waals surface area (Å²) in [6, 6.07) is 7.49. The Kier molecular flexibility index (Phi) is 3.55. The molecule has 1 amide bonds. The van der Waals surface area contributed by atoms with Gasteiger partial charge in [-0.3, -0.25) is 4.79 Å². The lowest BCUT2D eigenvalue weighted by Gasteiger charge is -2.15. The van der Waals surface area contributed by atoms with Crippen molar-refractivity contribution in [2.75, 3.05) is 19.0 Å². The van der Waals surface area contributed by atoms with Crippen LogP contribution in [0.1, 0.15) is 6.92 Å². The van der Waals surface area contributed by atoms with Gasteiger partial charge in [-0.2, -0.15) is 0 Å². The van der Waals surface area contributed by atoms with Gasteiger partial charge >= 0.3 is 0 Å². The molecular formula is C11H16N2O2. The summed E-state index contributed by atoms with van der Waals surface area (Å²) in [5.74, 6) is 0.178. The summed E-state index contributed by atoms with van der Waals surface area (Å²) in [5, 5.41) is 0. The monoisotopic (exact) mass is 208 g/mol. The highest BCUT2D eigenvalue weighted by atomic mass is 16.5. The molecule has 1 aromatic rings. The van der Waals surface area contributed by atoms with Gasteiger partial charge in [0, 0.05) is 25.8 Å². The molecule has 0 saturated heterocycles. The third-order valence-corrected chi connectivity index (χ3v) is 2.05. The predicted molar refractivity (Wildman–Crippen MR) is 60.1 cm³/mol. The van der Waals surface area contributed by atoms with Gasteiger partial charge in [0.05, 0.1) is 0 Å². The van der Waals surface area contributed by atoms with E-state index in [4.69, 9.17) is 10.5 Å². The molecule has 1 rings (SSSR count). The molecule has 0 saturated carbocycles. The Morgan fingerprint density at radius 1 is 1.47 bits per heavy atom. The van der Waals surface area contributed by atoms with Crippen molar-refractivity contribution >= 4 is 11.6 Å². The predicted octanol–water partition coefficient (Wildman–Crippen LogP) is 1.01. The fraction of sp³-hybridized carbons (Fsp3) is 0.364. The second-order valence-corrected chi connectivity index (χ2v) is 3.55. The Morgan fingerprint density at radius 3 is 2.67 bits per heavy atom. The zero-order chi connectivity index (χ0) is 11.4. The van der Waals surface area contributed by atoms with E-state index in [2.05, 4.69) is 0 Å². The maximum atomic E-state index is 10.8. The number of ether oxygens (including phenoxy) is 1. The first-order chi connectivity index (χ1) is 7.00. The summed E-state index contributed by atoms with van der Waals surface area (Å²) in [4.78, 5) is 12.8. The average molecular weight is 208 g/mol. The Balaban J connectivity index is 2.78. The van der Waals surface area contributed by atoms with Crippen LogP contribution in [0.25, 0.3) is 0 Å². The van der Waals surface area contributed by atoms with E-state index in [-0.39, 0.29) is 0 Å². The van der Waals surface area contributed by atoms with Gasteiger partial charge < -0.3 is 15.4 Å². The topological polar surface area (TPSA) is 55.6 Å². The van der Waals surface area contributed by atoms with E-state index in [1.807, 2.05) is 37.2 Å². The maximum absolute atomic E-state index is 10.8. The number of anilines is 1. The van der Waals surface area contributed by atoms with Crippen molar-refractivity contribution in [3.63, 3.8) is 0 Å².